The zero-order valence-electron chi connectivity index (χ0n) is 17.4. The highest BCUT2D eigenvalue weighted by atomic mass is 19.1. The van der Waals surface area contributed by atoms with Crippen molar-refractivity contribution in [1.82, 2.24) is 20.2 Å². The van der Waals surface area contributed by atoms with Crippen LogP contribution in [0.2, 0.25) is 0 Å². The molecule has 1 aromatic carbocycles. The third-order valence-corrected chi connectivity index (χ3v) is 4.04. The van der Waals surface area contributed by atoms with E-state index in [9.17, 15) is 9.18 Å². The van der Waals surface area contributed by atoms with E-state index in [1.165, 1.54) is 12.1 Å². The Hall–Kier alpha value is -3.49. The Labute approximate surface area is 174 Å². The molecule has 0 aliphatic carbocycles. The minimum atomic E-state index is -0.607. The van der Waals surface area contributed by atoms with E-state index in [2.05, 4.69) is 30.8 Å². The van der Waals surface area contributed by atoms with Crippen LogP contribution < -0.4 is 10.6 Å². The van der Waals surface area contributed by atoms with Gasteiger partial charge in [-0.15, -0.1) is 0 Å². The zero-order valence-corrected chi connectivity index (χ0v) is 17.4. The van der Waals surface area contributed by atoms with Gasteiger partial charge >= 0.3 is 6.09 Å². The molecule has 0 aliphatic heterocycles. The van der Waals surface area contributed by atoms with Gasteiger partial charge in [0, 0.05) is 17.4 Å². The highest BCUT2D eigenvalue weighted by Gasteiger charge is 2.16. The number of amides is 1. The van der Waals surface area contributed by atoms with Gasteiger partial charge in [0.15, 0.2) is 5.82 Å². The Morgan fingerprint density at radius 1 is 1.13 bits per heavy atom. The van der Waals surface area contributed by atoms with Gasteiger partial charge in [0.25, 0.3) is 0 Å². The number of hydrogen-bond donors (Lipinski definition) is 3. The van der Waals surface area contributed by atoms with Crippen LogP contribution in [-0.4, -0.2) is 31.9 Å². The third-order valence-electron chi connectivity index (χ3n) is 4.04. The number of halogens is 1. The Balaban J connectivity index is 1.59. The molecule has 9 heteroatoms. The number of aromatic nitrogens is 4. The predicted molar refractivity (Wildman–Crippen MR) is 112 cm³/mol. The van der Waals surface area contributed by atoms with Crippen LogP contribution in [0.15, 0.2) is 36.7 Å². The molecule has 2 aromatic heterocycles. The molecule has 1 amide bonds. The molecule has 3 aromatic rings. The lowest BCUT2D eigenvalue weighted by molar-refractivity contribution is 0.0636. The highest BCUT2D eigenvalue weighted by Crippen LogP contribution is 2.19. The van der Waals surface area contributed by atoms with Crippen molar-refractivity contribution in [3.63, 3.8) is 0 Å². The first-order valence-corrected chi connectivity index (χ1v) is 9.56. The van der Waals surface area contributed by atoms with Crippen LogP contribution in [-0.2, 0) is 17.6 Å². The Morgan fingerprint density at radius 3 is 2.57 bits per heavy atom. The SMILES string of the molecule is Cc1ncc(Nc2cc(CCc3cc(NC(=O)OC(C)(C)C)ccc3F)[nH]n2)cn1. The molecule has 0 radical (unpaired) electrons. The van der Waals surface area contributed by atoms with Gasteiger partial charge in [0.1, 0.15) is 17.2 Å². The zero-order chi connectivity index (χ0) is 21.7. The number of rotatable bonds is 6. The number of anilines is 3. The summed E-state index contributed by atoms with van der Waals surface area (Å²) in [5, 5.41) is 12.9. The number of H-pyrrole nitrogens is 1. The molecule has 158 valence electrons. The Morgan fingerprint density at radius 2 is 1.87 bits per heavy atom. The summed E-state index contributed by atoms with van der Waals surface area (Å²) in [6, 6.07) is 6.29. The van der Waals surface area contributed by atoms with Crippen LogP contribution in [0.25, 0.3) is 0 Å². The summed E-state index contributed by atoms with van der Waals surface area (Å²) in [4.78, 5) is 20.2. The van der Waals surface area contributed by atoms with E-state index in [1.807, 2.05) is 13.0 Å². The Bertz CT molecular complexity index is 1010. The van der Waals surface area contributed by atoms with Crippen molar-refractivity contribution in [2.75, 3.05) is 10.6 Å². The second kappa shape index (κ2) is 8.89. The normalized spacial score (nSPS) is 11.2. The monoisotopic (exact) mass is 412 g/mol. The van der Waals surface area contributed by atoms with Gasteiger partial charge in [-0.3, -0.25) is 10.4 Å². The molecule has 0 fully saturated rings. The number of carbonyl (C=O) groups excluding carboxylic acids is 1. The number of aromatic amines is 1. The summed E-state index contributed by atoms with van der Waals surface area (Å²) in [6.07, 6.45) is 3.76. The van der Waals surface area contributed by atoms with Gasteiger partial charge in [-0.25, -0.2) is 19.2 Å². The first-order chi connectivity index (χ1) is 14.2. The molecule has 8 nitrogen and oxygen atoms in total. The number of benzene rings is 1. The number of hydrogen-bond acceptors (Lipinski definition) is 6. The van der Waals surface area contributed by atoms with E-state index < -0.39 is 11.7 Å². The number of aryl methyl sites for hydroxylation is 3. The first kappa shape index (κ1) is 21.2. The van der Waals surface area contributed by atoms with Crippen molar-refractivity contribution in [3.05, 3.63) is 59.6 Å². The standard InChI is InChI=1S/C21H25FN6O2/c1-13-23-11-17(12-24-13)25-19-10-16(27-28-19)6-5-14-9-15(7-8-18(14)22)26-20(29)30-21(2,3)4/h7-12H,5-6H2,1-4H3,(H,26,29)(H2,25,27,28). The van der Waals surface area contributed by atoms with E-state index in [-0.39, 0.29) is 5.82 Å². The van der Waals surface area contributed by atoms with Gasteiger partial charge in [-0.1, -0.05) is 0 Å². The molecule has 2 heterocycles. The molecule has 30 heavy (non-hydrogen) atoms. The molecule has 0 atom stereocenters. The number of nitrogens with zero attached hydrogens (tertiary/aromatic N) is 3. The quantitative estimate of drug-likeness (QED) is 0.550. The van der Waals surface area contributed by atoms with Crippen molar-refractivity contribution >= 4 is 23.3 Å². The molecule has 0 spiro atoms. The van der Waals surface area contributed by atoms with Crippen LogP contribution in [0.1, 0.15) is 37.9 Å². The van der Waals surface area contributed by atoms with Gasteiger partial charge in [-0.2, -0.15) is 5.10 Å². The number of carbonyl (C=O) groups is 1. The smallest absolute Gasteiger partial charge is 0.412 e. The maximum atomic E-state index is 14.2. The van der Waals surface area contributed by atoms with E-state index in [1.54, 1.807) is 39.2 Å². The van der Waals surface area contributed by atoms with E-state index in [0.29, 0.717) is 35.7 Å². The predicted octanol–water partition coefficient (Wildman–Crippen LogP) is 4.52. The largest absolute Gasteiger partial charge is 0.444 e. The minimum Gasteiger partial charge on any atom is -0.444 e. The fourth-order valence-electron chi connectivity index (χ4n) is 2.69. The summed E-state index contributed by atoms with van der Waals surface area (Å²) >= 11 is 0. The minimum absolute atomic E-state index is 0.334. The molecule has 0 saturated carbocycles. The van der Waals surface area contributed by atoms with E-state index in [4.69, 9.17) is 4.74 Å². The van der Waals surface area contributed by atoms with E-state index >= 15 is 0 Å². The van der Waals surface area contributed by atoms with Crippen LogP contribution in [0.5, 0.6) is 0 Å². The first-order valence-electron chi connectivity index (χ1n) is 9.56. The summed E-state index contributed by atoms with van der Waals surface area (Å²) in [6.45, 7) is 7.15. The van der Waals surface area contributed by atoms with Gasteiger partial charge in [0.05, 0.1) is 18.1 Å². The lowest BCUT2D eigenvalue weighted by atomic mass is 10.1. The van der Waals surface area contributed by atoms with Crippen LogP contribution in [0.3, 0.4) is 0 Å². The number of ether oxygens (including phenoxy) is 1. The van der Waals surface area contributed by atoms with Crippen LogP contribution >= 0.6 is 0 Å². The molecule has 0 bridgehead atoms. The van der Waals surface area contributed by atoms with Crippen molar-refractivity contribution in [2.24, 2.45) is 0 Å². The van der Waals surface area contributed by atoms with Gasteiger partial charge < -0.3 is 10.1 Å². The lowest BCUT2D eigenvalue weighted by Crippen LogP contribution is -2.27. The third kappa shape index (κ3) is 6.26. The highest BCUT2D eigenvalue weighted by molar-refractivity contribution is 5.84. The molecule has 0 aliphatic rings. The molecule has 0 saturated heterocycles. The fourth-order valence-corrected chi connectivity index (χ4v) is 2.69. The lowest BCUT2D eigenvalue weighted by Gasteiger charge is -2.19. The number of nitrogens with one attached hydrogen (secondary N) is 3. The average molecular weight is 412 g/mol. The average Bonchev–Trinajstić information content (AvgIpc) is 3.10. The van der Waals surface area contributed by atoms with E-state index in [0.717, 1.165) is 11.4 Å². The van der Waals surface area contributed by atoms with Crippen molar-refractivity contribution < 1.29 is 13.9 Å². The topological polar surface area (TPSA) is 105 Å². The maximum absolute atomic E-state index is 14.2. The molecule has 3 N–H and O–H groups in total. The Kier molecular flexibility index (Phi) is 6.29. The summed E-state index contributed by atoms with van der Waals surface area (Å²) < 4.78 is 19.4. The molecular formula is C21H25FN6O2. The fraction of sp³-hybridized carbons (Fsp3) is 0.333. The molecule has 3 rings (SSSR count). The second-order valence-electron chi connectivity index (χ2n) is 7.86. The van der Waals surface area contributed by atoms with Crippen LogP contribution in [0.4, 0.5) is 26.4 Å². The maximum Gasteiger partial charge on any atom is 0.412 e. The molecule has 0 unspecified atom stereocenters. The van der Waals surface area contributed by atoms with Crippen LogP contribution in [0, 0.1) is 12.7 Å². The van der Waals surface area contributed by atoms with Crippen molar-refractivity contribution in [1.29, 1.82) is 0 Å². The van der Waals surface area contributed by atoms with Gasteiger partial charge in [-0.05, 0) is 64.3 Å². The van der Waals surface area contributed by atoms with Crippen molar-refractivity contribution in [2.45, 2.75) is 46.1 Å². The summed E-state index contributed by atoms with van der Waals surface area (Å²) in [5.74, 6) is 0.978. The molecular weight excluding hydrogens is 387 g/mol. The second-order valence-corrected chi connectivity index (χ2v) is 7.86. The summed E-state index contributed by atoms with van der Waals surface area (Å²) in [7, 11) is 0. The van der Waals surface area contributed by atoms with Gasteiger partial charge in [0.2, 0.25) is 0 Å². The summed E-state index contributed by atoms with van der Waals surface area (Å²) in [5.41, 5.74) is 1.93. The van der Waals surface area contributed by atoms with Crippen molar-refractivity contribution in [3.8, 4) is 0 Å².